The number of alkyl carbamates (subject to hydrolysis) is 1. The van der Waals surface area contributed by atoms with Crippen molar-refractivity contribution in [1.29, 1.82) is 0 Å². The highest BCUT2D eigenvalue weighted by atomic mass is 16.5. The van der Waals surface area contributed by atoms with Crippen molar-refractivity contribution in [1.82, 2.24) is 15.3 Å². The molecule has 94 valence electrons. The molecule has 0 aromatic carbocycles. The molecule has 2 N–H and O–H groups in total. The Balaban J connectivity index is 1.98. The molecule has 0 aliphatic heterocycles. The first kappa shape index (κ1) is 13.3. The van der Waals surface area contributed by atoms with Crippen molar-refractivity contribution in [3.05, 3.63) is 30.4 Å². The van der Waals surface area contributed by atoms with Gasteiger partial charge in [-0.1, -0.05) is 19.1 Å². The van der Waals surface area contributed by atoms with E-state index in [1.807, 2.05) is 19.1 Å². The second-order valence-corrected chi connectivity index (χ2v) is 3.58. The van der Waals surface area contributed by atoms with Gasteiger partial charge in [0.2, 0.25) is 0 Å². The highest BCUT2D eigenvalue weighted by Gasteiger charge is 1.99. The Morgan fingerprint density at radius 2 is 2.47 bits per heavy atom. The van der Waals surface area contributed by atoms with Gasteiger partial charge in [-0.2, -0.15) is 0 Å². The summed E-state index contributed by atoms with van der Waals surface area (Å²) >= 11 is 0. The molecule has 0 aliphatic rings. The van der Waals surface area contributed by atoms with E-state index in [1.165, 1.54) is 0 Å². The first-order chi connectivity index (χ1) is 8.33. The van der Waals surface area contributed by atoms with E-state index in [1.54, 1.807) is 12.5 Å². The van der Waals surface area contributed by atoms with E-state index in [4.69, 9.17) is 4.74 Å². The Morgan fingerprint density at radius 1 is 1.59 bits per heavy atom. The number of hydrogen-bond acceptors (Lipinski definition) is 3. The molecule has 0 saturated carbocycles. The molecule has 0 unspecified atom stereocenters. The van der Waals surface area contributed by atoms with Gasteiger partial charge < -0.3 is 15.0 Å². The number of rotatable bonds is 7. The van der Waals surface area contributed by atoms with Gasteiger partial charge in [0.05, 0.1) is 12.9 Å². The summed E-state index contributed by atoms with van der Waals surface area (Å²) in [6.07, 6.45) is 9.56. The molecule has 0 saturated heterocycles. The van der Waals surface area contributed by atoms with Gasteiger partial charge in [0.1, 0.15) is 0 Å². The van der Waals surface area contributed by atoms with Crippen molar-refractivity contribution in [2.24, 2.45) is 0 Å². The van der Waals surface area contributed by atoms with Crippen molar-refractivity contribution in [2.45, 2.75) is 26.2 Å². The summed E-state index contributed by atoms with van der Waals surface area (Å²) in [7, 11) is 0. The number of carbonyl (C=O) groups excluding carboxylic acids is 1. The van der Waals surface area contributed by atoms with E-state index in [0.717, 1.165) is 25.0 Å². The van der Waals surface area contributed by atoms with E-state index < -0.39 is 0 Å². The number of ether oxygens (including phenoxy) is 1. The van der Waals surface area contributed by atoms with Crippen molar-refractivity contribution in [3.8, 4) is 0 Å². The molecule has 0 bridgehead atoms. The van der Waals surface area contributed by atoms with Gasteiger partial charge in [0.15, 0.2) is 0 Å². The second kappa shape index (κ2) is 8.38. The van der Waals surface area contributed by atoms with Crippen LogP contribution < -0.4 is 5.32 Å². The fourth-order valence-electron chi connectivity index (χ4n) is 1.29. The summed E-state index contributed by atoms with van der Waals surface area (Å²) in [5.74, 6) is 0. The Hall–Kier alpha value is -1.78. The zero-order valence-electron chi connectivity index (χ0n) is 10.1. The van der Waals surface area contributed by atoms with E-state index in [9.17, 15) is 4.79 Å². The van der Waals surface area contributed by atoms with Crippen LogP contribution in [0.5, 0.6) is 0 Å². The minimum absolute atomic E-state index is 0.365. The number of aryl methyl sites for hydroxylation is 1. The van der Waals surface area contributed by atoms with Crippen LogP contribution in [0.15, 0.2) is 24.7 Å². The molecule has 1 aromatic heterocycles. The minimum atomic E-state index is -0.365. The second-order valence-electron chi connectivity index (χ2n) is 3.58. The van der Waals surface area contributed by atoms with Crippen LogP contribution in [0.25, 0.3) is 0 Å². The quantitative estimate of drug-likeness (QED) is 0.563. The maximum Gasteiger partial charge on any atom is 0.407 e. The molecule has 0 spiro atoms. The van der Waals surface area contributed by atoms with Crippen molar-refractivity contribution in [3.63, 3.8) is 0 Å². The lowest BCUT2D eigenvalue weighted by molar-refractivity contribution is 0.146. The number of aromatic nitrogens is 2. The summed E-state index contributed by atoms with van der Waals surface area (Å²) in [4.78, 5) is 18.1. The van der Waals surface area contributed by atoms with Crippen LogP contribution in [-0.4, -0.2) is 29.2 Å². The van der Waals surface area contributed by atoms with Crippen molar-refractivity contribution >= 4 is 6.09 Å². The number of carbonyl (C=O) groups is 1. The van der Waals surface area contributed by atoms with E-state index >= 15 is 0 Å². The van der Waals surface area contributed by atoms with Crippen LogP contribution >= 0.6 is 0 Å². The van der Waals surface area contributed by atoms with E-state index in [-0.39, 0.29) is 6.09 Å². The molecule has 0 radical (unpaired) electrons. The van der Waals surface area contributed by atoms with Crippen molar-refractivity contribution in [2.75, 3.05) is 13.2 Å². The van der Waals surface area contributed by atoms with Gasteiger partial charge in [0, 0.05) is 18.4 Å². The lowest BCUT2D eigenvalue weighted by atomic mass is 10.3. The number of imidazole rings is 1. The normalized spacial score (nSPS) is 10.6. The first-order valence-electron chi connectivity index (χ1n) is 5.85. The summed E-state index contributed by atoms with van der Waals surface area (Å²) in [6, 6.07) is 0. The number of aromatic amines is 1. The molecule has 5 heteroatoms. The minimum Gasteiger partial charge on any atom is -0.450 e. The monoisotopic (exact) mass is 237 g/mol. The Labute approximate surface area is 101 Å². The molecule has 0 fully saturated rings. The number of nitrogens with one attached hydrogen (secondary N) is 2. The molecule has 1 heterocycles. The van der Waals surface area contributed by atoms with Gasteiger partial charge >= 0.3 is 6.09 Å². The predicted molar refractivity (Wildman–Crippen MR) is 65.7 cm³/mol. The number of H-pyrrole nitrogens is 1. The maximum absolute atomic E-state index is 11.2. The SMILES string of the molecule is CC/C=C\CNC(=O)OCCCc1cnc[nH]1. The largest absolute Gasteiger partial charge is 0.450 e. The zero-order chi connectivity index (χ0) is 12.3. The Kier molecular flexibility index (Phi) is 6.55. The molecule has 17 heavy (non-hydrogen) atoms. The van der Waals surface area contributed by atoms with Crippen LogP contribution in [0.1, 0.15) is 25.5 Å². The lowest BCUT2D eigenvalue weighted by Crippen LogP contribution is -2.24. The van der Waals surface area contributed by atoms with Gasteiger partial charge in [-0.05, 0) is 19.3 Å². The van der Waals surface area contributed by atoms with Gasteiger partial charge in [-0.15, -0.1) is 0 Å². The highest BCUT2D eigenvalue weighted by molar-refractivity contribution is 5.67. The summed E-state index contributed by atoms with van der Waals surface area (Å²) in [5, 5.41) is 2.64. The fourth-order valence-corrected chi connectivity index (χ4v) is 1.29. The summed E-state index contributed by atoms with van der Waals surface area (Å²) in [5.41, 5.74) is 1.06. The molecule has 5 nitrogen and oxygen atoms in total. The lowest BCUT2D eigenvalue weighted by Gasteiger charge is -2.04. The fraction of sp³-hybridized carbons (Fsp3) is 0.500. The number of amides is 1. The van der Waals surface area contributed by atoms with Crippen LogP contribution in [0.2, 0.25) is 0 Å². The Bertz CT molecular complexity index is 334. The standard InChI is InChI=1S/C12H19N3O2/c1-2-3-4-7-14-12(16)17-8-5-6-11-9-13-10-15-11/h3-4,9-10H,2,5-8H2,1H3,(H,13,15)(H,14,16)/b4-3-. The van der Waals surface area contributed by atoms with E-state index in [2.05, 4.69) is 15.3 Å². The Morgan fingerprint density at radius 3 is 3.18 bits per heavy atom. The summed E-state index contributed by atoms with van der Waals surface area (Å²) < 4.78 is 5.00. The predicted octanol–water partition coefficient (Wildman–Crippen LogP) is 2.03. The smallest absolute Gasteiger partial charge is 0.407 e. The van der Waals surface area contributed by atoms with E-state index in [0.29, 0.717) is 13.2 Å². The molecule has 1 rings (SSSR count). The zero-order valence-corrected chi connectivity index (χ0v) is 10.1. The van der Waals surface area contributed by atoms with Gasteiger partial charge in [-0.25, -0.2) is 9.78 Å². The number of nitrogens with zero attached hydrogens (tertiary/aromatic N) is 1. The first-order valence-corrected chi connectivity index (χ1v) is 5.85. The molecule has 1 amide bonds. The van der Waals surface area contributed by atoms with Gasteiger partial charge in [0.25, 0.3) is 0 Å². The molecule has 0 atom stereocenters. The summed E-state index contributed by atoms with van der Waals surface area (Å²) in [6.45, 7) is 2.99. The number of hydrogen-bond donors (Lipinski definition) is 2. The number of allylic oxidation sites excluding steroid dienone is 1. The molecular weight excluding hydrogens is 218 g/mol. The van der Waals surface area contributed by atoms with Crippen molar-refractivity contribution < 1.29 is 9.53 Å². The molecule has 0 aliphatic carbocycles. The topological polar surface area (TPSA) is 67.0 Å². The van der Waals surface area contributed by atoms with Crippen LogP contribution in [-0.2, 0) is 11.2 Å². The third-order valence-electron chi connectivity index (χ3n) is 2.15. The third kappa shape index (κ3) is 6.40. The molecular formula is C12H19N3O2. The average molecular weight is 237 g/mol. The van der Waals surface area contributed by atoms with Crippen LogP contribution in [0.4, 0.5) is 4.79 Å². The average Bonchev–Trinajstić information content (AvgIpc) is 2.83. The van der Waals surface area contributed by atoms with Gasteiger partial charge in [-0.3, -0.25) is 0 Å². The highest BCUT2D eigenvalue weighted by Crippen LogP contribution is 1.97. The molecule has 1 aromatic rings. The third-order valence-corrected chi connectivity index (χ3v) is 2.15. The maximum atomic E-state index is 11.2. The van der Waals surface area contributed by atoms with Crippen LogP contribution in [0, 0.1) is 0 Å². The van der Waals surface area contributed by atoms with Crippen LogP contribution in [0.3, 0.4) is 0 Å².